The van der Waals surface area contributed by atoms with Crippen molar-refractivity contribution < 1.29 is 18.7 Å². The lowest BCUT2D eigenvalue weighted by molar-refractivity contribution is -0.140. The lowest BCUT2D eigenvalue weighted by atomic mass is 9.97. The Kier molecular flexibility index (Phi) is 6.30. The number of rotatable bonds is 6. The van der Waals surface area contributed by atoms with Gasteiger partial charge in [0.1, 0.15) is 18.1 Å². The normalized spacial score (nSPS) is 13.6. The zero-order valence-corrected chi connectivity index (χ0v) is 18.3. The van der Waals surface area contributed by atoms with Gasteiger partial charge < -0.3 is 13.9 Å². The highest BCUT2D eigenvalue weighted by atomic mass is 35.5. The predicted molar refractivity (Wildman–Crippen MR) is 119 cm³/mol. The number of benzene rings is 2. The van der Waals surface area contributed by atoms with E-state index in [1.165, 1.54) is 18.7 Å². The summed E-state index contributed by atoms with van der Waals surface area (Å²) in [7, 11) is 1.38. The molecule has 6 nitrogen and oxygen atoms in total. The second-order valence-electron chi connectivity index (χ2n) is 7.75. The zero-order chi connectivity index (χ0) is 22.0. The van der Waals surface area contributed by atoms with E-state index in [0.29, 0.717) is 31.0 Å². The van der Waals surface area contributed by atoms with Crippen LogP contribution in [0.15, 0.2) is 45.6 Å². The van der Waals surface area contributed by atoms with Crippen LogP contribution in [-0.2, 0) is 28.9 Å². The molecule has 1 aliphatic rings. The summed E-state index contributed by atoms with van der Waals surface area (Å²) in [6, 6.07) is 11.3. The molecular weight excluding hydrogens is 418 g/mol. The minimum atomic E-state index is -0.382. The fourth-order valence-electron chi connectivity index (χ4n) is 3.91. The Morgan fingerprint density at radius 3 is 2.71 bits per heavy atom. The highest BCUT2D eigenvalue weighted by Gasteiger charge is 2.25. The first kappa shape index (κ1) is 21.4. The van der Waals surface area contributed by atoms with Gasteiger partial charge in [-0.15, -0.1) is 0 Å². The van der Waals surface area contributed by atoms with E-state index in [0.717, 1.165) is 40.1 Å². The smallest absolute Gasteiger partial charge is 0.336 e. The van der Waals surface area contributed by atoms with Crippen LogP contribution in [-0.4, -0.2) is 31.3 Å². The number of esters is 1. The summed E-state index contributed by atoms with van der Waals surface area (Å²) >= 11 is 5.97. The zero-order valence-electron chi connectivity index (χ0n) is 17.6. The first-order chi connectivity index (χ1) is 14.9. The molecule has 0 saturated carbocycles. The highest BCUT2D eigenvalue weighted by Crippen LogP contribution is 2.37. The van der Waals surface area contributed by atoms with Crippen molar-refractivity contribution in [2.45, 2.75) is 32.7 Å². The number of fused-ring (bicyclic) bond motifs is 3. The van der Waals surface area contributed by atoms with Gasteiger partial charge in [0, 0.05) is 36.0 Å². The average molecular weight is 442 g/mol. The summed E-state index contributed by atoms with van der Waals surface area (Å²) in [4.78, 5) is 25.9. The van der Waals surface area contributed by atoms with Crippen molar-refractivity contribution >= 4 is 28.5 Å². The fraction of sp³-hybridized carbons (Fsp3) is 0.333. The number of nitrogens with zero attached hydrogens (tertiary/aromatic N) is 1. The van der Waals surface area contributed by atoms with Crippen LogP contribution in [0.25, 0.3) is 11.0 Å². The van der Waals surface area contributed by atoms with Crippen LogP contribution in [0.4, 0.5) is 0 Å². The Hall–Kier alpha value is -2.83. The van der Waals surface area contributed by atoms with Crippen LogP contribution in [0.5, 0.6) is 5.75 Å². The first-order valence-electron chi connectivity index (χ1n) is 10.2. The number of methoxy groups -OCH3 is 1. The Balaban J connectivity index is 1.64. The molecule has 1 aromatic heterocycles. The molecule has 162 valence electrons. The van der Waals surface area contributed by atoms with Gasteiger partial charge in [-0.3, -0.25) is 9.69 Å². The molecule has 0 N–H and O–H groups in total. The molecule has 1 aliphatic heterocycles. The van der Waals surface area contributed by atoms with Gasteiger partial charge in [-0.2, -0.15) is 0 Å². The summed E-state index contributed by atoms with van der Waals surface area (Å²) in [5.74, 6) is 0.429. The second-order valence-corrected chi connectivity index (χ2v) is 8.18. The standard InChI is InChI=1S/C24H24ClNO5/c1-15-11-22(28)31-24-19(15)12-17(5-8-21(27)29-2)23-20(24)13-26(14-30-23)10-9-16-3-6-18(25)7-4-16/h3-4,6-7,11-12H,5,8-10,13-14H2,1-2H3. The van der Waals surface area contributed by atoms with Crippen molar-refractivity contribution in [1.82, 2.24) is 4.90 Å². The minimum Gasteiger partial charge on any atom is -0.477 e. The van der Waals surface area contributed by atoms with E-state index >= 15 is 0 Å². The molecule has 0 unspecified atom stereocenters. The number of hydrogen-bond donors (Lipinski definition) is 0. The Morgan fingerprint density at radius 1 is 1.19 bits per heavy atom. The van der Waals surface area contributed by atoms with Crippen molar-refractivity contribution in [3.05, 3.63) is 74.1 Å². The maximum Gasteiger partial charge on any atom is 0.336 e. The van der Waals surface area contributed by atoms with Crippen molar-refractivity contribution in [3.63, 3.8) is 0 Å². The SMILES string of the molecule is COC(=O)CCc1cc2c(C)cc(=O)oc2c2c1OCN(CCc1ccc(Cl)cc1)C2. The van der Waals surface area contributed by atoms with Gasteiger partial charge >= 0.3 is 11.6 Å². The highest BCUT2D eigenvalue weighted by molar-refractivity contribution is 6.30. The van der Waals surface area contributed by atoms with E-state index in [9.17, 15) is 9.59 Å². The third-order valence-corrected chi connectivity index (χ3v) is 5.85. The van der Waals surface area contributed by atoms with Gasteiger partial charge in [0.25, 0.3) is 0 Å². The third-order valence-electron chi connectivity index (χ3n) is 5.59. The van der Waals surface area contributed by atoms with E-state index in [4.69, 9.17) is 25.5 Å². The molecule has 3 aromatic rings. The van der Waals surface area contributed by atoms with Crippen LogP contribution < -0.4 is 10.4 Å². The van der Waals surface area contributed by atoms with Gasteiger partial charge in [0.05, 0.1) is 12.7 Å². The molecule has 0 bridgehead atoms. The maximum atomic E-state index is 12.1. The van der Waals surface area contributed by atoms with Crippen molar-refractivity contribution in [3.8, 4) is 5.75 Å². The van der Waals surface area contributed by atoms with E-state index in [1.807, 2.05) is 37.3 Å². The average Bonchev–Trinajstić information content (AvgIpc) is 2.77. The quantitative estimate of drug-likeness (QED) is 0.420. The summed E-state index contributed by atoms with van der Waals surface area (Å²) in [6.07, 6.45) is 1.60. The number of hydrogen-bond acceptors (Lipinski definition) is 6. The molecule has 0 atom stereocenters. The molecule has 4 rings (SSSR count). The van der Waals surface area contributed by atoms with Crippen molar-refractivity contribution in [2.24, 2.45) is 0 Å². The van der Waals surface area contributed by atoms with Gasteiger partial charge in [-0.25, -0.2) is 4.79 Å². The number of aryl methyl sites for hydroxylation is 2. The van der Waals surface area contributed by atoms with Gasteiger partial charge in [-0.1, -0.05) is 23.7 Å². The van der Waals surface area contributed by atoms with E-state index in [1.54, 1.807) is 0 Å². The number of ether oxygens (including phenoxy) is 2. The first-order valence-corrected chi connectivity index (χ1v) is 10.6. The molecular formula is C24H24ClNO5. The van der Waals surface area contributed by atoms with Crippen LogP contribution in [0.3, 0.4) is 0 Å². The fourth-order valence-corrected chi connectivity index (χ4v) is 4.04. The lowest BCUT2D eigenvalue weighted by Gasteiger charge is -2.31. The third kappa shape index (κ3) is 4.75. The largest absolute Gasteiger partial charge is 0.477 e. The summed E-state index contributed by atoms with van der Waals surface area (Å²) in [5, 5.41) is 1.58. The van der Waals surface area contributed by atoms with Gasteiger partial charge in [0.2, 0.25) is 0 Å². The molecule has 2 heterocycles. The molecule has 7 heteroatoms. The number of halogens is 1. The predicted octanol–water partition coefficient (Wildman–Crippen LogP) is 4.26. The molecule has 0 aliphatic carbocycles. The number of carbonyl (C=O) groups is 1. The lowest BCUT2D eigenvalue weighted by Crippen LogP contribution is -2.34. The molecule has 31 heavy (non-hydrogen) atoms. The Morgan fingerprint density at radius 2 is 1.97 bits per heavy atom. The van der Waals surface area contributed by atoms with Crippen LogP contribution in [0.1, 0.15) is 28.7 Å². The summed E-state index contributed by atoms with van der Waals surface area (Å²) in [6.45, 7) is 3.69. The Labute approximate surface area is 185 Å². The topological polar surface area (TPSA) is 69.0 Å². The maximum absolute atomic E-state index is 12.1. The van der Waals surface area contributed by atoms with Crippen LogP contribution in [0, 0.1) is 6.92 Å². The molecule has 2 aromatic carbocycles. The van der Waals surface area contributed by atoms with Crippen molar-refractivity contribution in [1.29, 1.82) is 0 Å². The van der Waals surface area contributed by atoms with E-state index < -0.39 is 0 Å². The monoisotopic (exact) mass is 441 g/mol. The summed E-state index contributed by atoms with van der Waals surface area (Å²) in [5.41, 5.74) is 3.97. The van der Waals surface area contributed by atoms with E-state index in [-0.39, 0.29) is 18.0 Å². The van der Waals surface area contributed by atoms with Crippen LogP contribution >= 0.6 is 11.6 Å². The second kappa shape index (κ2) is 9.12. The van der Waals surface area contributed by atoms with Gasteiger partial charge in [0.15, 0.2) is 0 Å². The molecule has 0 fully saturated rings. The number of carbonyl (C=O) groups excluding carboxylic acids is 1. The molecule has 0 amide bonds. The minimum absolute atomic E-state index is 0.258. The Bertz CT molecular complexity index is 1170. The molecule has 0 saturated heterocycles. The summed E-state index contributed by atoms with van der Waals surface area (Å²) < 4.78 is 16.5. The van der Waals surface area contributed by atoms with Gasteiger partial charge in [-0.05, 0) is 54.7 Å². The van der Waals surface area contributed by atoms with Crippen LogP contribution in [0.2, 0.25) is 5.02 Å². The van der Waals surface area contributed by atoms with Crippen molar-refractivity contribution in [2.75, 3.05) is 20.4 Å². The molecule has 0 radical (unpaired) electrons. The molecule has 0 spiro atoms. The van der Waals surface area contributed by atoms with E-state index in [2.05, 4.69) is 4.90 Å².